The highest BCUT2D eigenvalue weighted by Crippen LogP contribution is 2.16. The van der Waals surface area contributed by atoms with Crippen LogP contribution < -0.4 is 10.2 Å². The molecule has 0 atom stereocenters. The third kappa shape index (κ3) is 4.91. The van der Waals surface area contributed by atoms with Gasteiger partial charge in [-0.05, 0) is 30.7 Å². The second kappa shape index (κ2) is 8.04. The number of carbonyl (C=O) groups is 3. The Morgan fingerprint density at radius 1 is 1.19 bits per heavy atom. The average Bonchev–Trinajstić information content (AvgIpc) is 2.49. The molecule has 0 radical (unpaired) electrons. The van der Waals surface area contributed by atoms with Gasteiger partial charge >= 0.3 is 5.97 Å². The molecule has 6 heteroatoms. The SMILES string of the molecule is CCCNC(=O)CN(C(C)=O)c1ccc(C(=O)OC)cc1. The molecule has 0 aliphatic carbocycles. The Balaban J connectivity index is 2.83. The number of carbonyl (C=O) groups excluding carboxylic acids is 3. The van der Waals surface area contributed by atoms with Gasteiger partial charge in [-0.3, -0.25) is 9.59 Å². The van der Waals surface area contributed by atoms with E-state index in [2.05, 4.69) is 10.1 Å². The van der Waals surface area contributed by atoms with Gasteiger partial charge in [-0.1, -0.05) is 6.92 Å². The van der Waals surface area contributed by atoms with E-state index in [9.17, 15) is 14.4 Å². The van der Waals surface area contributed by atoms with Crippen LogP contribution in [-0.4, -0.2) is 38.0 Å². The first-order chi connectivity index (χ1) is 9.99. The van der Waals surface area contributed by atoms with Crippen molar-refractivity contribution in [1.82, 2.24) is 5.32 Å². The number of nitrogens with zero attached hydrogens (tertiary/aromatic N) is 1. The molecule has 114 valence electrons. The molecule has 1 N–H and O–H groups in total. The lowest BCUT2D eigenvalue weighted by atomic mass is 10.2. The van der Waals surface area contributed by atoms with E-state index < -0.39 is 5.97 Å². The number of hydrogen-bond acceptors (Lipinski definition) is 4. The molecule has 0 aliphatic rings. The van der Waals surface area contributed by atoms with E-state index in [4.69, 9.17) is 0 Å². The Hall–Kier alpha value is -2.37. The minimum absolute atomic E-state index is 0.0487. The molecule has 0 spiro atoms. The first kappa shape index (κ1) is 16.7. The number of nitrogens with one attached hydrogen (secondary N) is 1. The normalized spacial score (nSPS) is 9.86. The van der Waals surface area contributed by atoms with Gasteiger partial charge in [-0.25, -0.2) is 4.79 Å². The van der Waals surface area contributed by atoms with Crippen LogP contribution in [0, 0.1) is 0 Å². The molecule has 1 rings (SSSR count). The quantitative estimate of drug-likeness (QED) is 0.803. The van der Waals surface area contributed by atoms with Crippen molar-refractivity contribution >= 4 is 23.5 Å². The van der Waals surface area contributed by atoms with Crippen molar-refractivity contribution in [2.24, 2.45) is 0 Å². The standard InChI is InChI=1S/C15H20N2O4/c1-4-9-16-14(19)10-17(11(2)18)13-7-5-12(6-8-13)15(20)21-3/h5-8H,4,9-10H2,1-3H3,(H,16,19). The lowest BCUT2D eigenvalue weighted by Gasteiger charge is -2.20. The van der Waals surface area contributed by atoms with Crippen LogP contribution in [-0.2, 0) is 14.3 Å². The van der Waals surface area contributed by atoms with E-state index >= 15 is 0 Å². The zero-order valence-electron chi connectivity index (χ0n) is 12.5. The fraction of sp³-hybridized carbons (Fsp3) is 0.400. The number of ether oxygens (including phenoxy) is 1. The smallest absolute Gasteiger partial charge is 0.337 e. The molecule has 6 nitrogen and oxygen atoms in total. The van der Waals surface area contributed by atoms with E-state index in [1.807, 2.05) is 6.92 Å². The summed E-state index contributed by atoms with van der Waals surface area (Å²) in [6.07, 6.45) is 0.833. The third-order valence-corrected chi connectivity index (χ3v) is 2.85. The van der Waals surface area contributed by atoms with Crippen molar-refractivity contribution in [2.45, 2.75) is 20.3 Å². The maximum Gasteiger partial charge on any atom is 0.337 e. The molecular formula is C15H20N2O4. The summed E-state index contributed by atoms with van der Waals surface area (Å²) in [5, 5.41) is 2.72. The number of rotatable bonds is 6. The van der Waals surface area contributed by atoms with Gasteiger partial charge in [0.1, 0.15) is 6.54 Å². The molecule has 0 aliphatic heterocycles. The number of anilines is 1. The predicted octanol–water partition coefficient (Wildman–Crippen LogP) is 1.35. The lowest BCUT2D eigenvalue weighted by molar-refractivity contribution is -0.123. The van der Waals surface area contributed by atoms with Crippen molar-refractivity contribution in [2.75, 3.05) is 25.1 Å². The molecule has 0 saturated heterocycles. The molecule has 0 saturated carbocycles. The van der Waals surface area contributed by atoms with Crippen molar-refractivity contribution in [3.63, 3.8) is 0 Å². The van der Waals surface area contributed by atoms with Gasteiger partial charge in [-0.15, -0.1) is 0 Å². The van der Waals surface area contributed by atoms with Gasteiger partial charge in [0.15, 0.2) is 0 Å². The molecule has 21 heavy (non-hydrogen) atoms. The predicted molar refractivity (Wildman–Crippen MR) is 79.1 cm³/mol. The summed E-state index contributed by atoms with van der Waals surface area (Å²) < 4.78 is 4.61. The van der Waals surface area contributed by atoms with Gasteiger partial charge in [0.2, 0.25) is 11.8 Å². The molecular weight excluding hydrogens is 272 g/mol. The Morgan fingerprint density at radius 2 is 1.81 bits per heavy atom. The van der Waals surface area contributed by atoms with E-state index in [1.165, 1.54) is 18.9 Å². The maximum atomic E-state index is 11.7. The van der Waals surface area contributed by atoms with E-state index in [0.717, 1.165) is 6.42 Å². The minimum atomic E-state index is -0.448. The van der Waals surface area contributed by atoms with Crippen LogP contribution in [0.1, 0.15) is 30.6 Å². The Morgan fingerprint density at radius 3 is 2.29 bits per heavy atom. The highest BCUT2D eigenvalue weighted by atomic mass is 16.5. The average molecular weight is 292 g/mol. The Bertz CT molecular complexity index is 511. The largest absolute Gasteiger partial charge is 0.465 e. The van der Waals surface area contributed by atoms with Crippen molar-refractivity contribution in [1.29, 1.82) is 0 Å². The van der Waals surface area contributed by atoms with Gasteiger partial charge < -0.3 is 15.0 Å². The zero-order chi connectivity index (χ0) is 15.8. The number of amides is 2. The van der Waals surface area contributed by atoms with Crippen LogP contribution in [0.3, 0.4) is 0 Å². The molecule has 0 unspecified atom stereocenters. The first-order valence-electron chi connectivity index (χ1n) is 6.72. The summed E-state index contributed by atoms with van der Waals surface area (Å²) in [6.45, 7) is 3.87. The summed E-state index contributed by atoms with van der Waals surface area (Å²) in [5.74, 6) is -0.909. The number of methoxy groups -OCH3 is 1. The van der Waals surface area contributed by atoms with E-state index in [-0.39, 0.29) is 18.4 Å². The van der Waals surface area contributed by atoms with Gasteiger partial charge in [-0.2, -0.15) is 0 Å². The lowest BCUT2D eigenvalue weighted by Crippen LogP contribution is -2.40. The fourth-order valence-electron chi connectivity index (χ4n) is 1.74. The number of esters is 1. The first-order valence-corrected chi connectivity index (χ1v) is 6.72. The molecule has 1 aromatic rings. The highest BCUT2D eigenvalue weighted by Gasteiger charge is 2.16. The molecule has 0 heterocycles. The number of hydrogen-bond donors (Lipinski definition) is 1. The van der Waals surface area contributed by atoms with Gasteiger partial charge in [0, 0.05) is 19.2 Å². The van der Waals surface area contributed by atoms with Crippen molar-refractivity contribution < 1.29 is 19.1 Å². The highest BCUT2D eigenvalue weighted by molar-refractivity contribution is 5.98. The van der Waals surface area contributed by atoms with Crippen molar-refractivity contribution in [3.05, 3.63) is 29.8 Å². The monoisotopic (exact) mass is 292 g/mol. The second-order valence-electron chi connectivity index (χ2n) is 4.49. The maximum absolute atomic E-state index is 11.7. The van der Waals surface area contributed by atoms with Crippen LogP contribution >= 0.6 is 0 Å². The summed E-state index contributed by atoms with van der Waals surface area (Å²) in [5.41, 5.74) is 0.946. The van der Waals surface area contributed by atoms with Crippen LogP contribution in [0.15, 0.2) is 24.3 Å². The van der Waals surface area contributed by atoms with Crippen LogP contribution in [0.2, 0.25) is 0 Å². The summed E-state index contributed by atoms with van der Waals surface area (Å²) in [4.78, 5) is 36.1. The summed E-state index contributed by atoms with van der Waals surface area (Å²) in [6, 6.07) is 6.34. The molecule has 2 amide bonds. The van der Waals surface area contributed by atoms with E-state index in [1.54, 1.807) is 24.3 Å². The molecule has 1 aromatic carbocycles. The Kier molecular flexibility index (Phi) is 6.39. The van der Waals surface area contributed by atoms with E-state index in [0.29, 0.717) is 17.8 Å². The van der Waals surface area contributed by atoms with Gasteiger partial charge in [0.25, 0.3) is 0 Å². The van der Waals surface area contributed by atoms with Crippen molar-refractivity contribution in [3.8, 4) is 0 Å². The molecule has 0 aromatic heterocycles. The summed E-state index contributed by atoms with van der Waals surface area (Å²) in [7, 11) is 1.30. The minimum Gasteiger partial charge on any atom is -0.465 e. The Labute approximate surface area is 124 Å². The van der Waals surface area contributed by atoms with Crippen LogP contribution in [0.25, 0.3) is 0 Å². The van der Waals surface area contributed by atoms with Gasteiger partial charge in [0.05, 0.1) is 12.7 Å². The van der Waals surface area contributed by atoms with Crippen LogP contribution in [0.5, 0.6) is 0 Å². The topological polar surface area (TPSA) is 75.7 Å². The zero-order valence-corrected chi connectivity index (χ0v) is 12.5. The third-order valence-electron chi connectivity index (χ3n) is 2.85. The summed E-state index contributed by atoms with van der Waals surface area (Å²) >= 11 is 0. The second-order valence-corrected chi connectivity index (χ2v) is 4.49. The molecule has 0 bridgehead atoms. The number of benzene rings is 1. The molecule has 0 fully saturated rings. The van der Waals surface area contributed by atoms with Crippen LogP contribution in [0.4, 0.5) is 5.69 Å². The fourth-order valence-corrected chi connectivity index (χ4v) is 1.74.